The Hall–Kier alpha value is -1.57. The van der Waals surface area contributed by atoms with Gasteiger partial charge in [0.2, 0.25) is 0 Å². The van der Waals surface area contributed by atoms with E-state index in [0.29, 0.717) is 12.2 Å². The summed E-state index contributed by atoms with van der Waals surface area (Å²) in [7, 11) is 0. The van der Waals surface area contributed by atoms with Gasteiger partial charge in [-0.3, -0.25) is 0 Å². The summed E-state index contributed by atoms with van der Waals surface area (Å²) in [5, 5.41) is 17.7. The molecule has 0 aliphatic rings. The highest BCUT2D eigenvalue weighted by Crippen LogP contribution is 2.11. The molecule has 20 heavy (non-hydrogen) atoms. The second-order valence-electron chi connectivity index (χ2n) is 4.76. The molecule has 1 aromatic carbocycles. The minimum atomic E-state index is 0.209. The van der Waals surface area contributed by atoms with Crippen LogP contribution in [0.3, 0.4) is 0 Å². The van der Waals surface area contributed by atoms with E-state index in [0.717, 1.165) is 38.2 Å². The van der Waals surface area contributed by atoms with Crippen molar-refractivity contribution < 1.29 is 9.84 Å². The SMILES string of the molecule is CCCCN(CCO)CCCOc1ccc(C#N)cc1. The van der Waals surface area contributed by atoms with Crippen molar-refractivity contribution in [3.8, 4) is 11.8 Å². The van der Waals surface area contributed by atoms with Crippen molar-refractivity contribution in [3.63, 3.8) is 0 Å². The lowest BCUT2D eigenvalue weighted by atomic mass is 10.2. The van der Waals surface area contributed by atoms with Crippen LogP contribution in [-0.4, -0.2) is 42.9 Å². The number of ether oxygens (including phenoxy) is 1. The predicted octanol–water partition coefficient (Wildman–Crippen LogP) is 2.42. The molecule has 0 aliphatic carbocycles. The van der Waals surface area contributed by atoms with Gasteiger partial charge in [0.25, 0.3) is 0 Å². The number of rotatable bonds is 10. The normalized spacial score (nSPS) is 10.5. The van der Waals surface area contributed by atoms with E-state index < -0.39 is 0 Å². The summed E-state index contributed by atoms with van der Waals surface area (Å²) in [6, 6.07) is 9.24. The fourth-order valence-corrected chi connectivity index (χ4v) is 1.96. The van der Waals surface area contributed by atoms with Gasteiger partial charge in [-0.15, -0.1) is 0 Å². The standard InChI is InChI=1S/C16H24N2O2/c1-2-3-9-18(11-12-19)10-4-13-20-16-7-5-15(14-17)6-8-16/h5-8,19H,2-4,9-13H2,1H3. The van der Waals surface area contributed by atoms with E-state index in [1.807, 2.05) is 12.1 Å². The van der Waals surface area contributed by atoms with E-state index in [4.69, 9.17) is 15.1 Å². The molecule has 0 aliphatic heterocycles. The van der Waals surface area contributed by atoms with Crippen LogP contribution < -0.4 is 4.74 Å². The van der Waals surface area contributed by atoms with Gasteiger partial charge >= 0.3 is 0 Å². The molecule has 0 saturated heterocycles. The van der Waals surface area contributed by atoms with Crippen molar-refractivity contribution in [2.75, 3.05) is 32.8 Å². The van der Waals surface area contributed by atoms with E-state index in [1.54, 1.807) is 12.1 Å². The van der Waals surface area contributed by atoms with Gasteiger partial charge < -0.3 is 14.7 Å². The van der Waals surface area contributed by atoms with Crippen LogP contribution in [0.15, 0.2) is 24.3 Å². The largest absolute Gasteiger partial charge is 0.494 e. The molecule has 0 fully saturated rings. The number of aliphatic hydroxyl groups is 1. The van der Waals surface area contributed by atoms with Gasteiger partial charge in [-0.25, -0.2) is 0 Å². The van der Waals surface area contributed by atoms with Crippen molar-refractivity contribution in [1.82, 2.24) is 4.90 Å². The zero-order valence-corrected chi connectivity index (χ0v) is 12.2. The molecule has 0 unspecified atom stereocenters. The summed E-state index contributed by atoms with van der Waals surface area (Å²) in [6.45, 7) is 5.74. The summed E-state index contributed by atoms with van der Waals surface area (Å²) < 4.78 is 5.64. The highest BCUT2D eigenvalue weighted by molar-refractivity contribution is 5.34. The molecule has 0 bridgehead atoms. The van der Waals surface area contributed by atoms with Gasteiger partial charge in [0.05, 0.1) is 24.8 Å². The Labute approximate surface area is 121 Å². The number of nitriles is 1. The van der Waals surface area contributed by atoms with Crippen LogP contribution in [0.25, 0.3) is 0 Å². The summed E-state index contributed by atoms with van der Waals surface area (Å²) in [5.41, 5.74) is 0.644. The molecule has 110 valence electrons. The molecular formula is C16H24N2O2. The third-order valence-electron chi connectivity index (χ3n) is 3.11. The molecule has 4 nitrogen and oxygen atoms in total. The number of unbranched alkanes of at least 4 members (excludes halogenated alkanes) is 1. The lowest BCUT2D eigenvalue weighted by molar-refractivity contribution is 0.181. The zero-order chi connectivity index (χ0) is 14.6. The molecule has 0 aromatic heterocycles. The molecular weight excluding hydrogens is 252 g/mol. The first-order chi connectivity index (χ1) is 9.80. The summed E-state index contributed by atoms with van der Waals surface area (Å²) in [5.74, 6) is 0.797. The highest BCUT2D eigenvalue weighted by Gasteiger charge is 2.03. The molecule has 1 aromatic rings. The maximum absolute atomic E-state index is 9.02. The Bertz CT molecular complexity index is 398. The molecule has 0 saturated carbocycles. The molecule has 4 heteroatoms. The smallest absolute Gasteiger partial charge is 0.119 e. The second kappa shape index (κ2) is 10.2. The van der Waals surface area contributed by atoms with Gasteiger partial charge in [0, 0.05) is 13.1 Å². The van der Waals surface area contributed by atoms with E-state index in [9.17, 15) is 0 Å². The first kappa shape index (κ1) is 16.5. The maximum Gasteiger partial charge on any atom is 0.119 e. The fourth-order valence-electron chi connectivity index (χ4n) is 1.96. The molecule has 0 heterocycles. The third-order valence-corrected chi connectivity index (χ3v) is 3.11. The lowest BCUT2D eigenvalue weighted by Gasteiger charge is -2.20. The maximum atomic E-state index is 9.02. The number of nitrogens with zero attached hydrogens (tertiary/aromatic N) is 2. The first-order valence-electron chi connectivity index (χ1n) is 7.26. The van der Waals surface area contributed by atoms with Crippen LogP contribution in [-0.2, 0) is 0 Å². The van der Waals surface area contributed by atoms with E-state index >= 15 is 0 Å². The van der Waals surface area contributed by atoms with Gasteiger partial charge in [-0.05, 0) is 43.7 Å². The summed E-state index contributed by atoms with van der Waals surface area (Å²) >= 11 is 0. The molecule has 0 radical (unpaired) electrons. The minimum absolute atomic E-state index is 0.209. The van der Waals surface area contributed by atoms with Crippen molar-refractivity contribution in [2.45, 2.75) is 26.2 Å². The van der Waals surface area contributed by atoms with Crippen molar-refractivity contribution in [2.24, 2.45) is 0 Å². The molecule has 0 spiro atoms. The zero-order valence-electron chi connectivity index (χ0n) is 12.2. The predicted molar refractivity (Wildman–Crippen MR) is 79.7 cm³/mol. The molecule has 1 N–H and O–H groups in total. The van der Waals surface area contributed by atoms with Crippen LogP contribution in [0, 0.1) is 11.3 Å². The van der Waals surface area contributed by atoms with Crippen LogP contribution in [0.5, 0.6) is 5.75 Å². The van der Waals surface area contributed by atoms with Crippen molar-refractivity contribution in [3.05, 3.63) is 29.8 Å². The van der Waals surface area contributed by atoms with Gasteiger partial charge in [0.15, 0.2) is 0 Å². The second-order valence-corrected chi connectivity index (χ2v) is 4.76. The number of hydrogen-bond donors (Lipinski definition) is 1. The van der Waals surface area contributed by atoms with Crippen molar-refractivity contribution in [1.29, 1.82) is 5.26 Å². The molecule has 0 amide bonds. The van der Waals surface area contributed by atoms with Crippen LogP contribution >= 0.6 is 0 Å². The quantitative estimate of drug-likeness (QED) is 0.667. The molecule has 0 atom stereocenters. The fraction of sp³-hybridized carbons (Fsp3) is 0.562. The monoisotopic (exact) mass is 276 g/mol. The van der Waals surface area contributed by atoms with Gasteiger partial charge in [-0.2, -0.15) is 5.26 Å². The lowest BCUT2D eigenvalue weighted by Crippen LogP contribution is -2.29. The van der Waals surface area contributed by atoms with E-state index in [2.05, 4.69) is 17.9 Å². The van der Waals surface area contributed by atoms with Gasteiger partial charge in [0.1, 0.15) is 5.75 Å². The summed E-state index contributed by atoms with van der Waals surface area (Å²) in [4.78, 5) is 2.27. The Balaban J connectivity index is 2.23. The summed E-state index contributed by atoms with van der Waals surface area (Å²) in [6.07, 6.45) is 3.27. The Morgan fingerprint density at radius 2 is 1.85 bits per heavy atom. The average Bonchev–Trinajstić information content (AvgIpc) is 2.49. The number of benzene rings is 1. The van der Waals surface area contributed by atoms with Crippen LogP contribution in [0.4, 0.5) is 0 Å². The average molecular weight is 276 g/mol. The van der Waals surface area contributed by atoms with Crippen LogP contribution in [0.1, 0.15) is 31.7 Å². The Morgan fingerprint density at radius 3 is 2.45 bits per heavy atom. The Morgan fingerprint density at radius 1 is 1.15 bits per heavy atom. The van der Waals surface area contributed by atoms with E-state index in [1.165, 1.54) is 6.42 Å². The van der Waals surface area contributed by atoms with Gasteiger partial charge in [-0.1, -0.05) is 13.3 Å². The highest BCUT2D eigenvalue weighted by atomic mass is 16.5. The van der Waals surface area contributed by atoms with Crippen LogP contribution in [0.2, 0.25) is 0 Å². The number of aliphatic hydroxyl groups excluding tert-OH is 1. The minimum Gasteiger partial charge on any atom is -0.494 e. The molecule has 1 rings (SSSR count). The van der Waals surface area contributed by atoms with E-state index in [-0.39, 0.29) is 6.61 Å². The third kappa shape index (κ3) is 6.55. The van der Waals surface area contributed by atoms with Crippen molar-refractivity contribution >= 4 is 0 Å². The topological polar surface area (TPSA) is 56.5 Å². The Kier molecular flexibility index (Phi) is 8.44. The number of hydrogen-bond acceptors (Lipinski definition) is 4. The first-order valence-corrected chi connectivity index (χ1v) is 7.26.